The van der Waals surface area contributed by atoms with Crippen molar-refractivity contribution in [3.63, 3.8) is 0 Å². The average molecular weight is 399 g/mol. The van der Waals surface area contributed by atoms with Crippen molar-refractivity contribution in [1.82, 2.24) is 0 Å². The molecular formula is H3BrKNa3O7S3. The Kier molecular flexibility index (Phi) is 105. The van der Waals surface area contributed by atoms with Crippen molar-refractivity contribution in [3.05, 3.63) is 0 Å². The Morgan fingerprint density at radius 1 is 1.13 bits per heavy atom. The van der Waals surface area contributed by atoms with Crippen LogP contribution >= 0.6 is 0 Å². The van der Waals surface area contributed by atoms with E-state index in [2.05, 4.69) is 11.2 Å². The van der Waals surface area contributed by atoms with Crippen molar-refractivity contribution in [2.75, 3.05) is 0 Å². The molecule has 0 unspecified atom stereocenters. The molecule has 0 fully saturated rings. The number of hydrogen-bond acceptors (Lipinski definition) is 6. The van der Waals surface area contributed by atoms with Crippen LogP contribution in [0.5, 0.6) is 0 Å². The zero-order valence-corrected chi connectivity index (χ0v) is 21.7. The Labute approximate surface area is 215 Å². The third-order valence-corrected chi connectivity index (χ3v) is 0. The first kappa shape index (κ1) is 49.9. The van der Waals surface area contributed by atoms with Crippen molar-refractivity contribution < 1.29 is 189 Å². The van der Waals surface area contributed by atoms with Crippen LogP contribution in [0.25, 0.3) is 0 Å². The second-order valence-electron chi connectivity index (χ2n) is 0.639. The van der Waals surface area contributed by atoms with Gasteiger partial charge in [0, 0.05) is 0 Å². The third kappa shape index (κ3) is 200. The van der Waals surface area contributed by atoms with Gasteiger partial charge in [-0.2, -0.15) is 4.21 Å². The first-order valence-electron chi connectivity index (χ1n) is 1.20. The Balaban J connectivity index is -0.00000000785. The van der Waals surface area contributed by atoms with Gasteiger partial charge < -0.3 is 31.6 Å². The minimum absolute atomic E-state index is 0. The smallest absolute Gasteiger partial charge is 1.00 e. The molecule has 0 aliphatic heterocycles. The summed E-state index contributed by atoms with van der Waals surface area (Å²) in [6.45, 7) is 0. The molecule has 0 aliphatic carbocycles. The van der Waals surface area contributed by atoms with Crippen molar-refractivity contribution in [2.24, 2.45) is 0 Å². The van der Waals surface area contributed by atoms with Crippen LogP contribution in [0.3, 0.4) is 0 Å². The summed E-state index contributed by atoms with van der Waals surface area (Å²) in [5, 5.41) is 0. The molecule has 15 heavy (non-hydrogen) atoms. The fourth-order valence-electron chi connectivity index (χ4n) is 0. The van der Waals surface area contributed by atoms with Gasteiger partial charge in [-0.3, -0.25) is 13.3 Å². The van der Waals surface area contributed by atoms with Gasteiger partial charge in [0.15, 0.2) is 0 Å². The van der Waals surface area contributed by atoms with Crippen molar-refractivity contribution in [2.45, 2.75) is 0 Å². The van der Waals surface area contributed by atoms with E-state index in [0.29, 0.717) is 0 Å². The summed E-state index contributed by atoms with van der Waals surface area (Å²) in [5.74, 6) is 0. The monoisotopic (exact) mass is 398 g/mol. The van der Waals surface area contributed by atoms with Gasteiger partial charge in [0.25, 0.3) is 11.4 Å². The predicted molar refractivity (Wildman–Crippen MR) is 32.4 cm³/mol. The second kappa shape index (κ2) is 31.7. The van der Waals surface area contributed by atoms with E-state index in [1.54, 1.807) is 0 Å². The van der Waals surface area contributed by atoms with Gasteiger partial charge in [0.1, 0.15) is 0 Å². The molecule has 0 spiro atoms. The summed E-state index contributed by atoms with van der Waals surface area (Å²) in [4.78, 5) is 0. The molecule has 0 amide bonds. The summed E-state index contributed by atoms with van der Waals surface area (Å²) < 4.78 is 49.5. The summed E-state index contributed by atoms with van der Waals surface area (Å²) in [5.41, 5.74) is 0. The predicted octanol–water partition coefficient (Wildman–Crippen LogP) is -16.5. The van der Waals surface area contributed by atoms with Crippen LogP contribution in [0.4, 0.5) is 0 Å². The van der Waals surface area contributed by atoms with Gasteiger partial charge in [-0.05, 0) is 11.2 Å². The molecule has 74 valence electrons. The normalized spacial score (nSPS) is 6.20. The molecule has 0 radical (unpaired) electrons. The Morgan fingerprint density at radius 3 is 1.13 bits per heavy atom. The summed E-state index contributed by atoms with van der Waals surface area (Å²) in [6, 6.07) is 0. The van der Waals surface area contributed by atoms with Gasteiger partial charge in [0.05, 0.1) is 0 Å². The molecule has 0 bridgehead atoms. The van der Waals surface area contributed by atoms with Crippen molar-refractivity contribution >= 4 is 31.6 Å². The first-order chi connectivity index (χ1) is 3.73. The SMILES string of the molecule is O=S(O)O.O=S([O-])([O-])=S.[Br-].[K+].[Na+].[Na+].[Na+].[OH-]. The Hall–Kier alpha value is 5.44. The van der Waals surface area contributed by atoms with E-state index in [-0.39, 0.29) is 163 Å². The van der Waals surface area contributed by atoms with E-state index in [9.17, 15) is 0 Å². The maximum Gasteiger partial charge on any atom is 1.00 e. The summed E-state index contributed by atoms with van der Waals surface area (Å²) in [6.07, 6.45) is 0. The number of hydrogen-bond donors (Lipinski definition) is 2. The molecule has 0 atom stereocenters. The summed E-state index contributed by atoms with van der Waals surface area (Å²) in [7, 11) is -4.33. The number of rotatable bonds is 0. The van der Waals surface area contributed by atoms with E-state index in [0.717, 1.165) is 0 Å². The van der Waals surface area contributed by atoms with Crippen LogP contribution in [0, 0.1) is 0 Å². The standard InChI is InChI=1S/BrH.K.3Na.H2O3S2.H2O3S.H2O/c;;;;;1-5(2,3)4;1-4(2)3;/h1H;;;;;(H2,1,2,3,4);(H2,1,2,3);1H2/q;4*+1;;;/p-4. The van der Waals surface area contributed by atoms with Gasteiger partial charge >= 0.3 is 140 Å². The summed E-state index contributed by atoms with van der Waals surface area (Å²) >= 11 is 0.632. The van der Waals surface area contributed by atoms with E-state index in [4.69, 9.17) is 26.6 Å². The molecule has 0 rings (SSSR count). The molecule has 0 heterocycles. The largest absolute Gasteiger partial charge is 1.00 e. The Morgan fingerprint density at radius 2 is 1.13 bits per heavy atom. The minimum atomic E-state index is -4.33. The van der Waals surface area contributed by atoms with E-state index in [1.807, 2.05) is 0 Å². The second-order valence-corrected chi connectivity index (χ2v) is 3.14. The zero-order chi connectivity index (χ0) is 8.08. The molecule has 0 aliphatic rings. The van der Waals surface area contributed by atoms with Crippen LogP contribution in [0.15, 0.2) is 0 Å². The zero-order valence-electron chi connectivity index (χ0n) is 8.58. The van der Waals surface area contributed by atoms with Crippen LogP contribution in [0.1, 0.15) is 0 Å². The molecule has 0 aromatic heterocycles. The molecular weight excluding hydrogens is 396 g/mol. The number of halogens is 1. The van der Waals surface area contributed by atoms with Gasteiger partial charge in [-0.1, -0.05) is 0 Å². The molecule has 15 heteroatoms. The van der Waals surface area contributed by atoms with E-state index >= 15 is 0 Å². The van der Waals surface area contributed by atoms with Crippen LogP contribution in [0.2, 0.25) is 0 Å². The van der Waals surface area contributed by atoms with Crippen LogP contribution in [-0.2, 0) is 31.6 Å². The molecule has 0 saturated heterocycles. The fraction of sp³-hybridized carbons (Fsp3) is 0. The van der Waals surface area contributed by atoms with Crippen LogP contribution < -0.4 is 157 Å². The third-order valence-electron chi connectivity index (χ3n) is 0. The van der Waals surface area contributed by atoms with Gasteiger partial charge in [-0.25, -0.2) is 0 Å². The quantitative estimate of drug-likeness (QED) is 0.301. The molecule has 0 saturated carbocycles. The Bertz CT molecular complexity index is 172. The van der Waals surface area contributed by atoms with Crippen molar-refractivity contribution in [1.29, 1.82) is 0 Å². The minimum Gasteiger partial charge on any atom is -1.00 e. The molecule has 3 N–H and O–H groups in total. The first-order valence-corrected chi connectivity index (χ1v) is 4.60. The topological polar surface area (TPSA) is 151 Å². The van der Waals surface area contributed by atoms with Gasteiger partial charge in [-0.15, -0.1) is 9.05 Å². The maximum absolute atomic E-state index is 8.89. The van der Waals surface area contributed by atoms with Crippen molar-refractivity contribution in [3.8, 4) is 0 Å². The van der Waals surface area contributed by atoms with E-state index in [1.165, 1.54) is 0 Å². The fourth-order valence-corrected chi connectivity index (χ4v) is 0. The molecule has 7 nitrogen and oxygen atoms in total. The van der Waals surface area contributed by atoms with E-state index < -0.39 is 20.4 Å². The maximum atomic E-state index is 8.89. The van der Waals surface area contributed by atoms with Crippen LogP contribution in [-0.4, -0.2) is 32.1 Å². The average Bonchev–Trinajstić information content (AvgIpc) is 1.19. The van der Waals surface area contributed by atoms with Gasteiger partial charge in [0.2, 0.25) is 0 Å². The molecule has 0 aromatic rings. The molecule has 0 aromatic carbocycles.